The van der Waals surface area contributed by atoms with E-state index in [2.05, 4.69) is 25.0 Å². The zero-order valence-electron chi connectivity index (χ0n) is 19.4. The molecule has 0 atom stereocenters. The molecular weight excluding hydrogens is 456 g/mol. The van der Waals surface area contributed by atoms with Gasteiger partial charge in [0.15, 0.2) is 0 Å². The first kappa shape index (κ1) is 22.6. The van der Waals surface area contributed by atoms with Gasteiger partial charge in [-0.15, -0.1) is 0 Å². The van der Waals surface area contributed by atoms with Crippen molar-refractivity contribution in [3.05, 3.63) is 54.7 Å². The lowest BCUT2D eigenvalue weighted by atomic mass is 10.2. The fourth-order valence-electron chi connectivity index (χ4n) is 3.87. The van der Waals surface area contributed by atoms with Gasteiger partial charge in [0.25, 0.3) is 5.92 Å². The van der Waals surface area contributed by atoms with Crippen molar-refractivity contribution in [1.29, 1.82) is 0 Å². The Hall–Kier alpha value is -4.15. The summed E-state index contributed by atoms with van der Waals surface area (Å²) in [4.78, 5) is 19.1. The lowest BCUT2D eigenvalue weighted by Crippen LogP contribution is -2.26. The molecule has 35 heavy (non-hydrogen) atoms. The molecule has 0 unspecified atom stereocenters. The molecule has 4 aromatic rings. The van der Waals surface area contributed by atoms with E-state index in [9.17, 15) is 8.78 Å². The fraction of sp³-hybridized carbons (Fsp3) is 0.292. The van der Waals surface area contributed by atoms with Crippen LogP contribution in [0.3, 0.4) is 0 Å². The molecule has 0 aromatic carbocycles. The maximum absolute atomic E-state index is 13.6. The highest BCUT2D eigenvalue weighted by atomic mass is 19.3. The van der Waals surface area contributed by atoms with Gasteiger partial charge in [0.2, 0.25) is 11.8 Å². The quantitative estimate of drug-likeness (QED) is 0.405. The third-order valence-electron chi connectivity index (χ3n) is 5.66. The molecule has 180 valence electrons. The number of pyridine rings is 2. The van der Waals surface area contributed by atoms with Crippen molar-refractivity contribution in [2.75, 3.05) is 25.1 Å². The molecule has 5 heterocycles. The van der Waals surface area contributed by atoms with E-state index in [1.165, 1.54) is 12.0 Å². The predicted molar refractivity (Wildman–Crippen MR) is 125 cm³/mol. The molecule has 1 saturated heterocycles. The summed E-state index contributed by atoms with van der Waals surface area (Å²) >= 11 is 0. The van der Waals surface area contributed by atoms with E-state index in [0.717, 1.165) is 11.3 Å². The molecule has 1 fully saturated rings. The van der Waals surface area contributed by atoms with E-state index in [1.54, 1.807) is 41.5 Å². The van der Waals surface area contributed by atoms with Gasteiger partial charge >= 0.3 is 0 Å². The van der Waals surface area contributed by atoms with E-state index in [1.807, 2.05) is 26.2 Å². The minimum Gasteiger partial charge on any atom is -0.480 e. The molecule has 1 aliphatic heterocycles. The van der Waals surface area contributed by atoms with Crippen LogP contribution in [0.2, 0.25) is 0 Å². The summed E-state index contributed by atoms with van der Waals surface area (Å²) in [5, 5.41) is 4.18. The van der Waals surface area contributed by atoms with Crippen molar-refractivity contribution in [1.82, 2.24) is 29.7 Å². The van der Waals surface area contributed by atoms with Crippen molar-refractivity contribution in [2.24, 2.45) is 7.05 Å². The number of ether oxygens (including phenoxy) is 2. The molecule has 0 bridgehead atoms. The van der Waals surface area contributed by atoms with Crippen molar-refractivity contribution >= 4 is 5.95 Å². The van der Waals surface area contributed by atoms with Crippen molar-refractivity contribution in [3.63, 3.8) is 0 Å². The van der Waals surface area contributed by atoms with Gasteiger partial charge in [-0.1, -0.05) is 0 Å². The van der Waals surface area contributed by atoms with E-state index < -0.39 is 12.5 Å². The average molecular weight is 479 g/mol. The second-order valence-electron chi connectivity index (χ2n) is 8.28. The van der Waals surface area contributed by atoms with Gasteiger partial charge in [0.05, 0.1) is 42.5 Å². The molecule has 4 aromatic heterocycles. The summed E-state index contributed by atoms with van der Waals surface area (Å²) < 4.78 is 40.4. The fourth-order valence-corrected chi connectivity index (χ4v) is 3.87. The Morgan fingerprint density at radius 3 is 2.60 bits per heavy atom. The number of aromatic nitrogens is 6. The lowest BCUT2D eigenvalue weighted by molar-refractivity contribution is 0.0256. The Kier molecular flexibility index (Phi) is 5.75. The topological polar surface area (TPSA) is 91.1 Å². The highest BCUT2D eigenvalue weighted by Gasteiger charge is 2.39. The monoisotopic (exact) mass is 479 g/mol. The molecule has 0 aliphatic carbocycles. The van der Waals surface area contributed by atoms with Crippen LogP contribution in [-0.2, 0) is 7.05 Å². The number of rotatable bonds is 6. The molecule has 0 radical (unpaired) electrons. The van der Waals surface area contributed by atoms with Gasteiger partial charge in [0, 0.05) is 50.2 Å². The highest BCUT2D eigenvalue weighted by Crippen LogP contribution is 2.34. The molecule has 5 rings (SSSR count). The summed E-state index contributed by atoms with van der Waals surface area (Å²) in [7, 11) is 3.32. The molecule has 1 aliphatic rings. The predicted octanol–water partition coefficient (Wildman–Crippen LogP) is 4.29. The van der Waals surface area contributed by atoms with Gasteiger partial charge in [-0.2, -0.15) is 10.1 Å². The molecule has 0 saturated carbocycles. The summed E-state index contributed by atoms with van der Waals surface area (Å²) in [6.45, 7) is 1.61. The SMILES string of the molecule is COc1nc(N2CCC(F)(F)C2)ncc1-c1ccc(Oc2ccnc(-c3cnn(C)c3)c2)c(C)n1. The van der Waals surface area contributed by atoms with E-state index >= 15 is 0 Å². The van der Waals surface area contributed by atoms with Crippen LogP contribution in [0.1, 0.15) is 12.1 Å². The minimum absolute atomic E-state index is 0.191. The van der Waals surface area contributed by atoms with Crippen LogP contribution in [0.15, 0.2) is 49.1 Å². The van der Waals surface area contributed by atoms with Crippen LogP contribution in [0.5, 0.6) is 17.4 Å². The van der Waals surface area contributed by atoms with Crippen LogP contribution in [0.25, 0.3) is 22.5 Å². The Morgan fingerprint density at radius 2 is 1.91 bits per heavy atom. The number of alkyl halides is 2. The normalized spacial score (nSPS) is 14.8. The van der Waals surface area contributed by atoms with Crippen LogP contribution in [0.4, 0.5) is 14.7 Å². The van der Waals surface area contributed by atoms with Crippen molar-refractivity contribution in [2.45, 2.75) is 19.3 Å². The number of hydrogen-bond acceptors (Lipinski definition) is 8. The number of hydrogen-bond donors (Lipinski definition) is 0. The third kappa shape index (κ3) is 4.75. The second-order valence-corrected chi connectivity index (χ2v) is 8.28. The largest absolute Gasteiger partial charge is 0.480 e. The maximum atomic E-state index is 13.6. The van der Waals surface area contributed by atoms with E-state index in [0.29, 0.717) is 28.5 Å². The Bertz CT molecular complexity index is 1380. The van der Waals surface area contributed by atoms with Crippen LogP contribution < -0.4 is 14.4 Å². The Balaban J connectivity index is 1.38. The first-order chi connectivity index (χ1) is 16.8. The molecule has 0 spiro atoms. The first-order valence-electron chi connectivity index (χ1n) is 11.0. The Labute approximate surface area is 200 Å². The smallest absolute Gasteiger partial charge is 0.267 e. The number of methoxy groups -OCH3 is 1. The summed E-state index contributed by atoms with van der Waals surface area (Å²) in [6.07, 6.45) is 6.62. The van der Waals surface area contributed by atoms with Crippen molar-refractivity contribution in [3.8, 4) is 39.9 Å². The number of nitrogens with zero attached hydrogens (tertiary/aromatic N) is 7. The van der Waals surface area contributed by atoms with Gasteiger partial charge in [-0.3, -0.25) is 9.67 Å². The summed E-state index contributed by atoms with van der Waals surface area (Å²) in [6, 6.07) is 7.18. The van der Waals surface area contributed by atoms with Gasteiger partial charge in [0.1, 0.15) is 11.5 Å². The van der Waals surface area contributed by atoms with E-state index in [-0.39, 0.29) is 24.8 Å². The number of aryl methyl sites for hydroxylation is 2. The van der Waals surface area contributed by atoms with Crippen molar-refractivity contribution < 1.29 is 18.3 Å². The number of anilines is 1. The molecule has 0 amide bonds. The van der Waals surface area contributed by atoms with Gasteiger partial charge in [-0.05, 0) is 25.1 Å². The van der Waals surface area contributed by atoms with Gasteiger partial charge < -0.3 is 14.4 Å². The Morgan fingerprint density at radius 1 is 1.06 bits per heavy atom. The van der Waals surface area contributed by atoms with E-state index in [4.69, 9.17) is 9.47 Å². The third-order valence-corrected chi connectivity index (χ3v) is 5.66. The minimum atomic E-state index is -2.74. The molecule has 11 heteroatoms. The summed E-state index contributed by atoms with van der Waals surface area (Å²) in [5.41, 5.74) is 3.41. The maximum Gasteiger partial charge on any atom is 0.267 e. The van der Waals surface area contributed by atoms with Crippen LogP contribution in [0, 0.1) is 6.92 Å². The molecular formula is C24H23F2N7O2. The first-order valence-corrected chi connectivity index (χ1v) is 11.0. The average Bonchev–Trinajstić information content (AvgIpc) is 3.45. The van der Waals surface area contributed by atoms with Crippen LogP contribution in [-0.4, -0.2) is 55.8 Å². The molecule has 0 N–H and O–H groups in total. The second kappa shape index (κ2) is 8.90. The highest BCUT2D eigenvalue weighted by molar-refractivity contribution is 5.66. The standard InChI is InChI=1S/C24H23F2N7O2/c1-15-21(35-17-6-8-27-20(10-17)16-11-29-32(2)13-16)5-4-19(30-15)18-12-28-23(31-22(18)34-3)33-9-7-24(25,26)14-33/h4-6,8,10-13H,7,9,14H2,1-3H3. The zero-order chi connectivity index (χ0) is 24.6. The number of halogens is 2. The van der Waals surface area contributed by atoms with Crippen LogP contribution >= 0.6 is 0 Å². The summed E-state index contributed by atoms with van der Waals surface area (Å²) in [5.74, 6) is -1.07. The molecule has 9 nitrogen and oxygen atoms in total. The van der Waals surface area contributed by atoms with Gasteiger partial charge in [-0.25, -0.2) is 18.7 Å². The lowest BCUT2D eigenvalue weighted by Gasteiger charge is -2.17. The zero-order valence-corrected chi connectivity index (χ0v) is 19.4.